The van der Waals surface area contributed by atoms with Gasteiger partial charge in [0.2, 0.25) is 10.0 Å². The summed E-state index contributed by atoms with van der Waals surface area (Å²) in [6.07, 6.45) is 4.80. The molecule has 1 aromatic carbocycles. The van der Waals surface area contributed by atoms with Gasteiger partial charge in [0.05, 0.1) is 10.5 Å². The largest absolute Gasteiger partial charge is 0.452 e. The summed E-state index contributed by atoms with van der Waals surface area (Å²) in [4.78, 5) is 24.1. The number of ether oxygens (including phenoxy) is 1. The number of amides is 1. The lowest BCUT2D eigenvalue weighted by molar-refractivity contribution is -0.124. The molecule has 2 rings (SSSR count). The monoisotopic (exact) mass is 410 g/mol. The van der Waals surface area contributed by atoms with Crippen LogP contribution in [0, 0.1) is 12.8 Å². The second-order valence-corrected chi connectivity index (χ2v) is 9.42. The van der Waals surface area contributed by atoms with Gasteiger partial charge in [0.15, 0.2) is 6.61 Å². The van der Waals surface area contributed by atoms with Crippen LogP contribution in [0.2, 0.25) is 0 Å². The first kappa shape index (κ1) is 22.4. The van der Waals surface area contributed by atoms with Gasteiger partial charge in [0.1, 0.15) is 0 Å². The third kappa shape index (κ3) is 6.60. The van der Waals surface area contributed by atoms with Crippen LogP contribution in [-0.4, -0.2) is 39.5 Å². The molecule has 7 nitrogen and oxygen atoms in total. The van der Waals surface area contributed by atoms with Gasteiger partial charge in [0, 0.05) is 12.6 Å². The Hall–Kier alpha value is -1.93. The summed E-state index contributed by atoms with van der Waals surface area (Å²) in [6, 6.07) is 4.30. The van der Waals surface area contributed by atoms with Crippen LogP contribution >= 0.6 is 0 Å². The Morgan fingerprint density at radius 2 is 1.86 bits per heavy atom. The molecule has 8 heteroatoms. The van der Waals surface area contributed by atoms with Crippen LogP contribution < -0.4 is 10.0 Å². The lowest BCUT2D eigenvalue weighted by Gasteiger charge is -2.22. The molecular formula is C20H30N2O5S. The van der Waals surface area contributed by atoms with E-state index in [1.54, 1.807) is 13.0 Å². The normalized spacial score (nSPS) is 15.4. The molecule has 1 amide bonds. The number of carbonyl (C=O) groups excluding carboxylic acids is 2. The van der Waals surface area contributed by atoms with Crippen molar-refractivity contribution in [3.63, 3.8) is 0 Å². The van der Waals surface area contributed by atoms with Gasteiger partial charge >= 0.3 is 5.97 Å². The standard InChI is InChI=1S/C20H30N2O5S/c1-14(2)12-21-19(23)13-27-20(24)18-11-17(10-9-15(18)3)28(25,26)22-16-7-5-4-6-8-16/h9-11,14,16,22H,4-8,12-13H2,1-3H3,(H,21,23). The van der Waals surface area contributed by atoms with Crippen molar-refractivity contribution in [1.82, 2.24) is 10.0 Å². The molecule has 0 atom stereocenters. The molecule has 2 N–H and O–H groups in total. The van der Waals surface area contributed by atoms with Crippen LogP contribution in [0.15, 0.2) is 23.1 Å². The Balaban J connectivity index is 2.05. The Morgan fingerprint density at radius 1 is 1.18 bits per heavy atom. The predicted molar refractivity (Wildman–Crippen MR) is 107 cm³/mol. The van der Waals surface area contributed by atoms with Crippen molar-refractivity contribution in [3.8, 4) is 0 Å². The number of nitrogens with one attached hydrogen (secondary N) is 2. The molecule has 0 saturated heterocycles. The number of hydrogen-bond acceptors (Lipinski definition) is 5. The highest BCUT2D eigenvalue weighted by molar-refractivity contribution is 7.89. The first-order valence-corrected chi connectivity index (χ1v) is 11.2. The Kier molecular flexibility index (Phi) is 8.00. The number of carbonyl (C=O) groups is 2. The molecule has 0 aromatic heterocycles. The Labute approximate surface area is 167 Å². The molecule has 1 saturated carbocycles. The minimum Gasteiger partial charge on any atom is -0.452 e. The van der Waals surface area contributed by atoms with E-state index in [2.05, 4.69) is 10.0 Å². The van der Waals surface area contributed by atoms with Crippen molar-refractivity contribution in [1.29, 1.82) is 0 Å². The predicted octanol–water partition coefficient (Wildman–Crippen LogP) is 2.54. The lowest BCUT2D eigenvalue weighted by atomic mass is 9.96. The maximum Gasteiger partial charge on any atom is 0.338 e. The van der Waals surface area contributed by atoms with Crippen molar-refractivity contribution in [2.45, 2.75) is 63.8 Å². The fraction of sp³-hybridized carbons (Fsp3) is 0.600. The fourth-order valence-electron chi connectivity index (χ4n) is 3.07. The average Bonchev–Trinajstić information content (AvgIpc) is 2.65. The van der Waals surface area contributed by atoms with Crippen LogP contribution in [0.4, 0.5) is 0 Å². The minimum absolute atomic E-state index is 0.0277. The molecule has 0 aliphatic heterocycles. The maximum atomic E-state index is 12.7. The zero-order valence-corrected chi connectivity index (χ0v) is 17.6. The molecule has 0 bridgehead atoms. The van der Waals surface area contributed by atoms with E-state index in [4.69, 9.17) is 4.74 Å². The summed E-state index contributed by atoms with van der Waals surface area (Å²) in [7, 11) is -3.72. The molecule has 156 valence electrons. The highest BCUT2D eigenvalue weighted by Gasteiger charge is 2.23. The van der Waals surface area contributed by atoms with Gasteiger partial charge in [-0.3, -0.25) is 4.79 Å². The van der Waals surface area contributed by atoms with Crippen LogP contribution in [0.5, 0.6) is 0 Å². The van der Waals surface area contributed by atoms with Crippen molar-refractivity contribution in [3.05, 3.63) is 29.3 Å². The summed E-state index contributed by atoms with van der Waals surface area (Å²) in [5.74, 6) is -0.810. The number of esters is 1. The number of rotatable bonds is 8. The topological polar surface area (TPSA) is 102 Å². The van der Waals surface area contributed by atoms with Gasteiger partial charge in [-0.2, -0.15) is 0 Å². The van der Waals surface area contributed by atoms with Crippen molar-refractivity contribution in [2.75, 3.05) is 13.2 Å². The molecule has 1 aliphatic rings. The number of aryl methyl sites for hydroxylation is 1. The molecule has 0 heterocycles. The zero-order valence-electron chi connectivity index (χ0n) is 16.8. The lowest BCUT2D eigenvalue weighted by Crippen LogP contribution is -2.36. The van der Waals surface area contributed by atoms with Crippen molar-refractivity contribution >= 4 is 21.9 Å². The average molecular weight is 411 g/mol. The minimum atomic E-state index is -3.72. The summed E-state index contributed by atoms with van der Waals surface area (Å²) >= 11 is 0. The van der Waals surface area contributed by atoms with Crippen molar-refractivity contribution < 1.29 is 22.7 Å². The zero-order chi connectivity index (χ0) is 20.7. The van der Waals surface area contributed by atoms with E-state index in [1.165, 1.54) is 12.1 Å². The molecule has 0 spiro atoms. The number of hydrogen-bond donors (Lipinski definition) is 2. The smallest absolute Gasteiger partial charge is 0.338 e. The molecule has 0 unspecified atom stereocenters. The summed E-state index contributed by atoms with van der Waals surface area (Å²) < 4.78 is 33.1. The molecule has 1 fully saturated rings. The number of sulfonamides is 1. The van der Waals surface area contributed by atoms with Gasteiger partial charge in [-0.05, 0) is 43.4 Å². The van der Waals surface area contributed by atoms with E-state index in [-0.39, 0.29) is 22.4 Å². The summed E-state index contributed by atoms with van der Waals surface area (Å²) in [5.41, 5.74) is 0.729. The quantitative estimate of drug-likeness (QED) is 0.641. The highest BCUT2D eigenvalue weighted by atomic mass is 32.2. The first-order valence-electron chi connectivity index (χ1n) is 9.76. The van der Waals surface area contributed by atoms with Crippen LogP contribution in [0.1, 0.15) is 61.9 Å². The highest BCUT2D eigenvalue weighted by Crippen LogP contribution is 2.21. The first-order chi connectivity index (χ1) is 13.2. The van der Waals surface area contributed by atoms with E-state index >= 15 is 0 Å². The maximum absolute atomic E-state index is 12.7. The van der Waals surface area contributed by atoms with E-state index in [9.17, 15) is 18.0 Å². The third-order valence-corrected chi connectivity index (χ3v) is 6.23. The molecular weight excluding hydrogens is 380 g/mol. The van der Waals surface area contributed by atoms with Crippen LogP contribution in [0.3, 0.4) is 0 Å². The van der Waals surface area contributed by atoms with Gasteiger partial charge in [-0.15, -0.1) is 0 Å². The fourth-order valence-corrected chi connectivity index (χ4v) is 4.40. The Morgan fingerprint density at radius 3 is 2.50 bits per heavy atom. The van der Waals surface area contributed by atoms with Gasteiger partial charge < -0.3 is 10.1 Å². The van der Waals surface area contributed by atoms with E-state index in [0.717, 1.165) is 32.1 Å². The second-order valence-electron chi connectivity index (χ2n) is 7.71. The van der Waals surface area contributed by atoms with Gasteiger partial charge in [0.25, 0.3) is 5.91 Å². The molecule has 1 aromatic rings. The van der Waals surface area contributed by atoms with Gasteiger partial charge in [-0.1, -0.05) is 39.2 Å². The van der Waals surface area contributed by atoms with Crippen LogP contribution in [-0.2, 0) is 19.6 Å². The Bertz CT molecular complexity index is 799. The second kappa shape index (κ2) is 10.0. The van der Waals surface area contributed by atoms with E-state index in [1.807, 2.05) is 13.8 Å². The SMILES string of the molecule is Cc1ccc(S(=O)(=O)NC2CCCCC2)cc1C(=O)OCC(=O)NCC(C)C. The van der Waals surface area contributed by atoms with E-state index < -0.39 is 22.6 Å². The van der Waals surface area contributed by atoms with E-state index in [0.29, 0.717) is 18.0 Å². The summed E-state index contributed by atoms with van der Waals surface area (Å²) in [6.45, 7) is 5.71. The summed E-state index contributed by atoms with van der Waals surface area (Å²) in [5, 5.41) is 2.66. The third-order valence-electron chi connectivity index (χ3n) is 4.71. The van der Waals surface area contributed by atoms with Crippen molar-refractivity contribution in [2.24, 2.45) is 5.92 Å². The molecule has 1 aliphatic carbocycles. The van der Waals surface area contributed by atoms with Crippen LogP contribution in [0.25, 0.3) is 0 Å². The number of benzene rings is 1. The molecule has 28 heavy (non-hydrogen) atoms. The van der Waals surface area contributed by atoms with Gasteiger partial charge in [-0.25, -0.2) is 17.9 Å². The molecule has 0 radical (unpaired) electrons.